The van der Waals surface area contributed by atoms with Crippen molar-refractivity contribution in [3.05, 3.63) is 55.8 Å². The summed E-state index contributed by atoms with van der Waals surface area (Å²) in [4.78, 5) is 6.13. The molecule has 2 aromatic rings. The number of benzene rings is 1. The van der Waals surface area contributed by atoms with E-state index in [-0.39, 0.29) is 32.6 Å². The summed E-state index contributed by atoms with van der Waals surface area (Å²) in [6.45, 7) is 1.15. The van der Waals surface area contributed by atoms with Gasteiger partial charge in [0, 0.05) is 16.7 Å². The summed E-state index contributed by atoms with van der Waals surface area (Å²) < 4.78 is 52.5. The van der Waals surface area contributed by atoms with Crippen LogP contribution in [0.15, 0.2) is 23.4 Å². The number of pyridine rings is 1. The standard InChI is InChI=1S/C13H6Cl2F4N4/c1-5-7(13(17,18)19)4-21-12(11(5)15)6-2-10(22-23-20)8(14)3-9(6)16/h2-4H,1H3. The van der Waals surface area contributed by atoms with Gasteiger partial charge < -0.3 is 0 Å². The van der Waals surface area contributed by atoms with E-state index in [4.69, 9.17) is 28.7 Å². The lowest BCUT2D eigenvalue weighted by molar-refractivity contribution is -0.138. The molecule has 4 nitrogen and oxygen atoms in total. The molecule has 0 aliphatic carbocycles. The van der Waals surface area contributed by atoms with E-state index in [1.807, 2.05) is 0 Å². The molecule has 0 N–H and O–H groups in total. The predicted molar refractivity (Wildman–Crippen MR) is 78.2 cm³/mol. The Morgan fingerprint density at radius 1 is 1.26 bits per heavy atom. The molecule has 1 aromatic heterocycles. The molecule has 1 aromatic carbocycles. The third-order valence-electron chi connectivity index (χ3n) is 3.01. The maximum absolute atomic E-state index is 14.1. The highest BCUT2D eigenvalue weighted by Gasteiger charge is 2.34. The second kappa shape index (κ2) is 6.23. The first kappa shape index (κ1) is 17.3. The fourth-order valence-corrected chi connectivity index (χ4v) is 2.34. The fraction of sp³-hybridized carbons (Fsp3) is 0.154. The topological polar surface area (TPSA) is 61.7 Å². The molecule has 0 aliphatic heterocycles. The molecular weight excluding hydrogens is 359 g/mol. The molecule has 0 fully saturated rings. The van der Waals surface area contributed by atoms with Gasteiger partial charge in [0.2, 0.25) is 0 Å². The number of hydrogen-bond acceptors (Lipinski definition) is 2. The summed E-state index contributed by atoms with van der Waals surface area (Å²) in [7, 11) is 0. The molecule has 0 bridgehead atoms. The van der Waals surface area contributed by atoms with E-state index in [0.29, 0.717) is 6.20 Å². The lowest BCUT2D eigenvalue weighted by Gasteiger charge is -2.14. The van der Waals surface area contributed by atoms with Gasteiger partial charge >= 0.3 is 6.18 Å². The quantitative estimate of drug-likeness (QED) is 0.261. The number of alkyl halides is 3. The van der Waals surface area contributed by atoms with Crippen LogP contribution in [0.5, 0.6) is 0 Å². The van der Waals surface area contributed by atoms with Crippen LogP contribution in [0.25, 0.3) is 21.7 Å². The van der Waals surface area contributed by atoms with Crippen molar-refractivity contribution < 1.29 is 17.6 Å². The molecule has 120 valence electrons. The van der Waals surface area contributed by atoms with E-state index in [9.17, 15) is 17.6 Å². The Balaban J connectivity index is 2.71. The summed E-state index contributed by atoms with van der Waals surface area (Å²) >= 11 is 11.6. The highest BCUT2D eigenvalue weighted by molar-refractivity contribution is 6.34. The summed E-state index contributed by atoms with van der Waals surface area (Å²) in [5.41, 5.74) is 6.61. The van der Waals surface area contributed by atoms with Gasteiger partial charge in [-0.25, -0.2) is 4.39 Å². The predicted octanol–water partition coefficient (Wildman–Crippen LogP) is 6.46. The molecular formula is C13H6Cl2F4N4. The van der Waals surface area contributed by atoms with Crippen molar-refractivity contribution in [2.75, 3.05) is 0 Å². The van der Waals surface area contributed by atoms with Crippen LogP contribution in [-0.2, 0) is 6.18 Å². The van der Waals surface area contributed by atoms with Crippen LogP contribution in [0.3, 0.4) is 0 Å². The zero-order valence-electron chi connectivity index (χ0n) is 11.3. The molecule has 0 unspecified atom stereocenters. The third-order valence-corrected chi connectivity index (χ3v) is 3.78. The number of halogens is 6. The molecule has 0 radical (unpaired) electrons. The molecule has 10 heteroatoms. The van der Waals surface area contributed by atoms with Gasteiger partial charge in [-0.05, 0) is 30.2 Å². The maximum Gasteiger partial charge on any atom is 0.418 e. The average Bonchev–Trinajstić information content (AvgIpc) is 2.44. The van der Waals surface area contributed by atoms with Gasteiger partial charge in [-0.1, -0.05) is 28.3 Å². The second-order valence-electron chi connectivity index (χ2n) is 4.43. The van der Waals surface area contributed by atoms with Gasteiger partial charge in [-0.3, -0.25) is 4.98 Å². The van der Waals surface area contributed by atoms with Gasteiger partial charge in [0.05, 0.1) is 27.0 Å². The molecule has 0 atom stereocenters. The number of nitrogens with zero attached hydrogens (tertiary/aromatic N) is 4. The summed E-state index contributed by atoms with van der Waals surface area (Å²) in [5.74, 6) is -0.861. The lowest BCUT2D eigenvalue weighted by atomic mass is 10.0. The van der Waals surface area contributed by atoms with Crippen LogP contribution in [-0.4, -0.2) is 4.98 Å². The van der Waals surface area contributed by atoms with E-state index < -0.39 is 17.6 Å². The molecule has 0 amide bonds. The number of azide groups is 1. The SMILES string of the molecule is Cc1c(C(F)(F)F)cnc(-c2cc(N=[N+]=[N-])c(Cl)cc2F)c1Cl. The molecule has 23 heavy (non-hydrogen) atoms. The summed E-state index contributed by atoms with van der Waals surface area (Å²) in [6, 6.07) is 1.93. The van der Waals surface area contributed by atoms with Crippen LogP contribution in [0.4, 0.5) is 23.2 Å². The van der Waals surface area contributed by atoms with Crippen molar-refractivity contribution in [1.82, 2.24) is 4.98 Å². The lowest BCUT2D eigenvalue weighted by Crippen LogP contribution is -2.09. The first-order chi connectivity index (χ1) is 10.7. The minimum atomic E-state index is -4.63. The minimum Gasteiger partial charge on any atom is -0.254 e. The molecule has 2 rings (SSSR count). The normalized spacial score (nSPS) is 11.3. The van der Waals surface area contributed by atoms with E-state index >= 15 is 0 Å². The Hall–Kier alpha value is -2.02. The first-order valence-electron chi connectivity index (χ1n) is 5.93. The van der Waals surface area contributed by atoms with Crippen molar-refractivity contribution in [1.29, 1.82) is 0 Å². The maximum atomic E-state index is 14.1. The van der Waals surface area contributed by atoms with Gasteiger partial charge in [0.25, 0.3) is 0 Å². The van der Waals surface area contributed by atoms with E-state index in [1.165, 1.54) is 0 Å². The smallest absolute Gasteiger partial charge is 0.254 e. The summed E-state index contributed by atoms with van der Waals surface area (Å²) in [6.07, 6.45) is -4.06. The van der Waals surface area contributed by atoms with Crippen LogP contribution < -0.4 is 0 Å². The van der Waals surface area contributed by atoms with E-state index in [0.717, 1.165) is 19.1 Å². The van der Waals surface area contributed by atoms with Crippen molar-refractivity contribution in [2.24, 2.45) is 5.11 Å². The molecule has 0 aliphatic rings. The Morgan fingerprint density at radius 3 is 2.48 bits per heavy atom. The van der Waals surface area contributed by atoms with Gasteiger partial charge in [-0.2, -0.15) is 13.2 Å². The zero-order valence-corrected chi connectivity index (χ0v) is 12.8. The van der Waals surface area contributed by atoms with Crippen molar-refractivity contribution >= 4 is 28.9 Å². The van der Waals surface area contributed by atoms with E-state index in [1.54, 1.807) is 0 Å². The number of aromatic nitrogens is 1. The molecule has 1 heterocycles. The van der Waals surface area contributed by atoms with Crippen LogP contribution in [0, 0.1) is 12.7 Å². The second-order valence-corrected chi connectivity index (χ2v) is 5.22. The number of rotatable bonds is 2. The highest BCUT2D eigenvalue weighted by atomic mass is 35.5. The van der Waals surface area contributed by atoms with Crippen molar-refractivity contribution in [3.63, 3.8) is 0 Å². The monoisotopic (exact) mass is 364 g/mol. The zero-order chi connectivity index (χ0) is 17.4. The van der Waals surface area contributed by atoms with Crippen LogP contribution in [0.2, 0.25) is 10.0 Å². The summed E-state index contributed by atoms with van der Waals surface area (Å²) in [5, 5.41) is 2.77. The van der Waals surface area contributed by atoms with Gasteiger partial charge in [0.15, 0.2) is 0 Å². The Morgan fingerprint density at radius 2 is 1.91 bits per heavy atom. The number of hydrogen-bond donors (Lipinski definition) is 0. The third kappa shape index (κ3) is 3.34. The van der Waals surface area contributed by atoms with Crippen molar-refractivity contribution in [2.45, 2.75) is 13.1 Å². The van der Waals surface area contributed by atoms with Crippen LogP contribution >= 0.6 is 23.2 Å². The Kier molecular flexibility index (Phi) is 4.70. The largest absolute Gasteiger partial charge is 0.418 e. The fourth-order valence-electron chi connectivity index (χ4n) is 1.90. The van der Waals surface area contributed by atoms with Crippen molar-refractivity contribution in [3.8, 4) is 11.3 Å². The molecule has 0 saturated carbocycles. The van der Waals surface area contributed by atoms with E-state index in [2.05, 4.69) is 15.0 Å². The molecule has 0 saturated heterocycles. The average molecular weight is 365 g/mol. The van der Waals surface area contributed by atoms with Gasteiger partial charge in [-0.15, -0.1) is 0 Å². The van der Waals surface area contributed by atoms with Crippen LogP contribution in [0.1, 0.15) is 11.1 Å². The Bertz CT molecular complexity index is 830. The highest BCUT2D eigenvalue weighted by Crippen LogP contribution is 2.40. The minimum absolute atomic E-state index is 0.0963. The first-order valence-corrected chi connectivity index (χ1v) is 6.69. The molecule has 0 spiro atoms. The Labute approximate surface area is 137 Å². The van der Waals surface area contributed by atoms with Gasteiger partial charge in [0.1, 0.15) is 5.82 Å².